The molecule has 0 aliphatic heterocycles. The van der Waals surface area contributed by atoms with E-state index in [-0.39, 0.29) is 28.8 Å². The number of H-pyrrole nitrogens is 1. The number of benzene rings is 1. The van der Waals surface area contributed by atoms with Crippen LogP contribution >= 0.6 is 0 Å². The molecule has 0 aliphatic rings. The normalized spacial score (nSPS) is 9.54. The minimum Gasteiger partial charge on any atom is -0.503 e. The predicted molar refractivity (Wildman–Crippen MR) is 52.0 cm³/mol. The van der Waals surface area contributed by atoms with E-state index in [0.717, 1.165) is 10.9 Å². The maximum Gasteiger partial charge on any atom is 0.290 e. The topological polar surface area (TPSA) is 53.1 Å². The zero-order chi connectivity index (χ0) is 8.55. The molecule has 2 rings (SSSR count). The van der Waals surface area contributed by atoms with Gasteiger partial charge in [-0.25, -0.2) is 0 Å². The third-order valence-electron chi connectivity index (χ3n) is 1.73. The minimum atomic E-state index is -0.450. The number of para-hydroxylation sites is 1. The van der Waals surface area contributed by atoms with E-state index >= 15 is 0 Å². The number of aromatic hydroxyl groups is 1. The largest absolute Gasteiger partial charge is 0.503 e. The van der Waals surface area contributed by atoms with Crippen molar-refractivity contribution in [1.82, 2.24) is 4.98 Å². The van der Waals surface area contributed by atoms with E-state index in [4.69, 9.17) is 5.11 Å². The van der Waals surface area contributed by atoms with E-state index in [9.17, 15) is 4.79 Å². The summed E-state index contributed by atoms with van der Waals surface area (Å²) in [6.07, 6.45) is 0. The van der Waals surface area contributed by atoms with Crippen molar-refractivity contribution in [3.63, 3.8) is 0 Å². The quantitative estimate of drug-likeness (QED) is 0.598. The third-order valence-corrected chi connectivity index (χ3v) is 1.73. The molecule has 2 N–H and O–H groups in total. The Morgan fingerprint density at radius 1 is 1.23 bits per heavy atom. The average Bonchev–Trinajstić information content (AvgIpc) is 2.07. The Hall–Kier alpha value is -1.00. The van der Waals surface area contributed by atoms with Crippen molar-refractivity contribution >= 4 is 34.0 Å². The van der Waals surface area contributed by atoms with Crippen molar-refractivity contribution in [3.05, 3.63) is 40.7 Å². The van der Waals surface area contributed by atoms with Crippen LogP contribution in [-0.2, 0) is 0 Å². The first kappa shape index (κ1) is 10.1. The second kappa shape index (κ2) is 3.80. The van der Waals surface area contributed by atoms with Gasteiger partial charge in [-0.15, -0.1) is 0 Å². The standard InChI is InChI=1S/C9H7NO2.Mg/c11-8-5-6-3-1-2-4-7(6)10-9(8)12;/h1-5,11H,(H,10,12);. The van der Waals surface area contributed by atoms with Gasteiger partial charge in [0.25, 0.3) is 5.56 Å². The lowest BCUT2D eigenvalue weighted by Gasteiger charge is -1.96. The number of aromatic amines is 1. The van der Waals surface area contributed by atoms with Crippen LogP contribution in [0.15, 0.2) is 35.1 Å². The molecule has 62 valence electrons. The van der Waals surface area contributed by atoms with E-state index in [1.165, 1.54) is 6.07 Å². The number of fused-ring (bicyclic) bond motifs is 1. The van der Waals surface area contributed by atoms with Crippen LogP contribution in [0.3, 0.4) is 0 Å². The molecular formula is C9H7MgNO2. The molecule has 0 unspecified atom stereocenters. The van der Waals surface area contributed by atoms with Crippen LogP contribution in [-0.4, -0.2) is 33.1 Å². The molecule has 1 aromatic carbocycles. The van der Waals surface area contributed by atoms with Crippen LogP contribution in [0.5, 0.6) is 5.75 Å². The molecule has 13 heavy (non-hydrogen) atoms. The van der Waals surface area contributed by atoms with E-state index < -0.39 is 5.56 Å². The van der Waals surface area contributed by atoms with Gasteiger partial charge in [-0.2, -0.15) is 0 Å². The van der Waals surface area contributed by atoms with Crippen LogP contribution < -0.4 is 5.56 Å². The summed E-state index contributed by atoms with van der Waals surface area (Å²) < 4.78 is 0. The summed E-state index contributed by atoms with van der Waals surface area (Å²) in [5.41, 5.74) is 0.286. The maximum absolute atomic E-state index is 10.9. The van der Waals surface area contributed by atoms with E-state index in [1.54, 1.807) is 6.07 Å². The van der Waals surface area contributed by atoms with Crippen molar-refractivity contribution in [3.8, 4) is 5.75 Å². The number of hydrogen-bond acceptors (Lipinski definition) is 2. The maximum atomic E-state index is 10.9. The van der Waals surface area contributed by atoms with Gasteiger partial charge in [0, 0.05) is 34.0 Å². The van der Waals surface area contributed by atoms with Gasteiger partial charge in [-0.05, 0) is 12.1 Å². The summed E-state index contributed by atoms with van der Waals surface area (Å²) in [4.78, 5) is 13.5. The first-order chi connectivity index (χ1) is 5.77. The average molecular weight is 185 g/mol. The minimum absolute atomic E-state index is 0. The van der Waals surface area contributed by atoms with Gasteiger partial charge in [0.2, 0.25) is 0 Å². The first-order valence-electron chi connectivity index (χ1n) is 3.58. The summed E-state index contributed by atoms with van der Waals surface area (Å²) in [5.74, 6) is -0.242. The SMILES string of the molecule is O=c1[nH]c2ccccc2cc1O.[Mg]. The molecule has 0 saturated heterocycles. The molecule has 1 aromatic heterocycles. The van der Waals surface area contributed by atoms with Crippen molar-refractivity contribution in [2.45, 2.75) is 0 Å². The lowest BCUT2D eigenvalue weighted by atomic mass is 10.2. The molecule has 0 spiro atoms. The van der Waals surface area contributed by atoms with E-state index in [1.807, 2.05) is 18.2 Å². The number of nitrogens with one attached hydrogen (secondary N) is 1. The number of aromatic nitrogens is 1. The molecule has 0 saturated carbocycles. The molecule has 0 aliphatic carbocycles. The highest BCUT2D eigenvalue weighted by atomic mass is 24.3. The van der Waals surface area contributed by atoms with Crippen molar-refractivity contribution in [2.24, 2.45) is 0 Å². The summed E-state index contributed by atoms with van der Waals surface area (Å²) in [6.45, 7) is 0. The highest BCUT2D eigenvalue weighted by molar-refractivity contribution is 5.79. The predicted octanol–water partition coefficient (Wildman–Crippen LogP) is 0.853. The number of hydrogen-bond donors (Lipinski definition) is 2. The molecular weight excluding hydrogens is 178 g/mol. The molecule has 2 aromatic rings. The van der Waals surface area contributed by atoms with Gasteiger partial charge >= 0.3 is 0 Å². The fourth-order valence-corrected chi connectivity index (χ4v) is 1.14. The molecule has 0 fully saturated rings. The Bertz CT molecular complexity index is 478. The van der Waals surface area contributed by atoms with Crippen molar-refractivity contribution < 1.29 is 5.11 Å². The highest BCUT2D eigenvalue weighted by Crippen LogP contribution is 2.12. The summed E-state index contributed by atoms with van der Waals surface area (Å²) >= 11 is 0. The van der Waals surface area contributed by atoms with Gasteiger partial charge in [-0.3, -0.25) is 4.79 Å². The number of pyridine rings is 1. The zero-order valence-corrected chi connectivity index (χ0v) is 8.36. The fourth-order valence-electron chi connectivity index (χ4n) is 1.14. The second-order valence-electron chi connectivity index (χ2n) is 2.57. The van der Waals surface area contributed by atoms with Crippen LogP contribution in [0.4, 0.5) is 0 Å². The lowest BCUT2D eigenvalue weighted by Crippen LogP contribution is -2.03. The monoisotopic (exact) mass is 185 g/mol. The Balaban J connectivity index is 0.000000845. The third kappa shape index (κ3) is 1.84. The first-order valence-corrected chi connectivity index (χ1v) is 3.58. The highest BCUT2D eigenvalue weighted by Gasteiger charge is 1.97. The summed E-state index contributed by atoms with van der Waals surface area (Å²) in [5, 5.41) is 9.90. The molecule has 0 bridgehead atoms. The van der Waals surface area contributed by atoms with E-state index in [2.05, 4.69) is 4.98 Å². The smallest absolute Gasteiger partial charge is 0.290 e. The van der Waals surface area contributed by atoms with Gasteiger partial charge in [0.1, 0.15) is 0 Å². The Morgan fingerprint density at radius 3 is 2.69 bits per heavy atom. The number of rotatable bonds is 0. The Labute approximate surface area is 90.6 Å². The van der Waals surface area contributed by atoms with Gasteiger partial charge < -0.3 is 10.1 Å². The molecule has 3 nitrogen and oxygen atoms in total. The van der Waals surface area contributed by atoms with Crippen LogP contribution in [0.2, 0.25) is 0 Å². The fraction of sp³-hybridized carbons (Fsp3) is 0. The van der Waals surface area contributed by atoms with Gasteiger partial charge in [0.15, 0.2) is 5.75 Å². The molecule has 1 heterocycles. The van der Waals surface area contributed by atoms with Gasteiger partial charge in [0.05, 0.1) is 0 Å². The zero-order valence-electron chi connectivity index (χ0n) is 6.95. The van der Waals surface area contributed by atoms with Gasteiger partial charge in [-0.1, -0.05) is 18.2 Å². The Morgan fingerprint density at radius 2 is 1.92 bits per heavy atom. The summed E-state index contributed by atoms with van der Waals surface area (Å²) in [7, 11) is 0. The summed E-state index contributed by atoms with van der Waals surface area (Å²) in [6, 6.07) is 8.74. The molecule has 0 atom stereocenters. The Kier molecular flexibility index (Phi) is 2.95. The lowest BCUT2D eigenvalue weighted by molar-refractivity contribution is 0.468. The van der Waals surface area contributed by atoms with Crippen LogP contribution in [0, 0.1) is 0 Å². The van der Waals surface area contributed by atoms with Crippen LogP contribution in [0.1, 0.15) is 0 Å². The van der Waals surface area contributed by atoms with Crippen molar-refractivity contribution in [2.75, 3.05) is 0 Å². The second-order valence-corrected chi connectivity index (χ2v) is 2.57. The van der Waals surface area contributed by atoms with E-state index in [0.29, 0.717) is 0 Å². The molecule has 0 amide bonds. The van der Waals surface area contributed by atoms with Crippen LogP contribution in [0.25, 0.3) is 10.9 Å². The molecule has 2 radical (unpaired) electrons. The molecule has 4 heteroatoms. The van der Waals surface area contributed by atoms with Crippen molar-refractivity contribution in [1.29, 1.82) is 0 Å².